The number of aryl methyl sites for hydroxylation is 2. The van der Waals surface area contributed by atoms with Crippen LogP contribution in [0, 0.1) is 25.5 Å². The summed E-state index contributed by atoms with van der Waals surface area (Å²) in [6.45, 7) is 3.66. The molecule has 0 radical (unpaired) electrons. The second-order valence-corrected chi connectivity index (χ2v) is 4.59. The first kappa shape index (κ1) is 14.2. The highest BCUT2D eigenvalue weighted by Crippen LogP contribution is 2.16. The summed E-state index contributed by atoms with van der Waals surface area (Å²) in [5.74, 6) is -2.03. The number of ketones is 1. The molecule has 0 fully saturated rings. The molecular weight excluding hydrogens is 262 g/mol. The zero-order valence-electron chi connectivity index (χ0n) is 11.2. The van der Waals surface area contributed by atoms with Crippen molar-refractivity contribution in [3.8, 4) is 5.75 Å². The molecule has 0 amide bonds. The van der Waals surface area contributed by atoms with E-state index in [4.69, 9.17) is 4.74 Å². The van der Waals surface area contributed by atoms with Crippen molar-refractivity contribution in [2.75, 3.05) is 6.61 Å². The molecule has 0 spiro atoms. The Morgan fingerprint density at radius 2 is 1.75 bits per heavy atom. The summed E-state index contributed by atoms with van der Waals surface area (Å²) in [6.07, 6.45) is 0. The molecule has 0 saturated heterocycles. The Bertz CT molecular complexity index is 651. The maximum absolute atomic E-state index is 13.0. The summed E-state index contributed by atoms with van der Waals surface area (Å²) < 4.78 is 30.9. The third-order valence-electron chi connectivity index (χ3n) is 3.09. The third kappa shape index (κ3) is 3.20. The number of carbonyl (C=O) groups is 1. The van der Waals surface area contributed by atoms with E-state index in [0.29, 0.717) is 5.56 Å². The summed E-state index contributed by atoms with van der Waals surface area (Å²) in [4.78, 5) is 11.9. The molecule has 0 aromatic heterocycles. The van der Waals surface area contributed by atoms with E-state index in [2.05, 4.69) is 0 Å². The SMILES string of the molecule is Cc1ccc(C(=O)COc2ccc(F)c(F)c2)cc1C. The smallest absolute Gasteiger partial charge is 0.200 e. The molecule has 20 heavy (non-hydrogen) atoms. The highest BCUT2D eigenvalue weighted by molar-refractivity contribution is 5.97. The lowest BCUT2D eigenvalue weighted by Gasteiger charge is -2.07. The van der Waals surface area contributed by atoms with Gasteiger partial charge in [-0.2, -0.15) is 0 Å². The molecule has 0 aliphatic heterocycles. The number of carbonyl (C=O) groups excluding carboxylic acids is 1. The minimum Gasteiger partial charge on any atom is -0.485 e. The molecule has 2 nitrogen and oxygen atoms in total. The van der Waals surface area contributed by atoms with Gasteiger partial charge in [0, 0.05) is 11.6 Å². The number of hydrogen-bond donors (Lipinski definition) is 0. The van der Waals surface area contributed by atoms with Gasteiger partial charge in [0.25, 0.3) is 0 Å². The number of rotatable bonds is 4. The number of Topliss-reactive ketones (excluding diaryl/α,β-unsaturated/α-hetero) is 1. The van der Waals surface area contributed by atoms with E-state index in [1.807, 2.05) is 19.9 Å². The molecule has 4 heteroatoms. The molecule has 2 rings (SSSR count). The van der Waals surface area contributed by atoms with Crippen molar-refractivity contribution in [1.29, 1.82) is 0 Å². The average molecular weight is 276 g/mol. The zero-order valence-corrected chi connectivity index (χ0v) is 11.2. The van der Waals surface area contributed by atoms with Crippen molar-refractivity contribution >= 4 is 5.78 Å². The Hall–Kier alpha value is -2.23. The largest absolute Gasteiger partial charge is 0.485 e. The summed E-state index contributed by atoms with van der Waals surface area (Å²) >= 11 is 0. The molecule has 0 bridgehead atoms. The summed E-state index contributed by atoms with van der Waals surface area (Å²) in [6, 6.07) is 8.53. The normalized spacial score (nSPS) is 10.4. The lowest BCUT2D eigenvalue weighted by Crippen LogP contribution is -2.12. The van der Waals surface area contributed by atoms with Crippen LogP contribution in [0.4, 0.5) is 8.78 Å². The lowest BCUT2D eigenvalue weighted by atomic mass is 10.0. The second-order valence-electron chi connectivity index (χ2n) is 4.59. The molecule has 2 aromatic carbocycles. The number of benzene rings is 2. The van der Waals surface area contributed by atoms with Crippen molar-refractivity contribution < 1.29 is 18.3 Å². The fourth-order valence-electron chi connectivity index (χ4n) is 1.71. The molecule has 0 unspecified atom stereocenters. The number of ether oxygens (including phenoxy) is 1. The van der Waals surface area contributed by atoms with E-state index in [0.717, 1.165) is 23.3 Å². The van der Waals surface area contributed by atoms with Gasteiger partial charge in [0.2, 0.25) is 0 Å². The van der Waals surface area contributed by atoms with Gasteiger partial charge in [0.1, 0.15) is 5.75 Å². The van der Waals surface area contributed by atoms with Crippen LogP contribution in [-0.4, -0.2) is 12.4 Å². The Morgan fingerprint density at radius 3 is 2.40 bits per heavy atom. The van der Waals surface area contributed by atoms with Crippen molar-refractivity contribution in [2.24, 2.45) is 0 Å². The van der Waals surface area contributed by atoms with E-state index in [1.165, 1.54) is 6.07 Å². The number of halogens is 2. The van der Waals surface area contributed by atoms with Gasteiger partial charge in [0.05, 0.1) is 0 Å². The Kier molecular flexibility index (Phi) is 4.13. The Morgan fingerprint density at radius 1 is 1.00 bits per heavy atom. The van der Waals surface area contributed by atoms with Crippen molar-refractivity contribution in [2.45, 2.75) is 13.8 Å². The van der Waals surface area contributed by atoms with E-state index < -0.39 is 11.6 Å². The first-order valence-electron chi connectivity index (χ1n) is 6.15. The Balaban J connectivity index is 2.04. The summed E-state index contributed by atoms with van der Waals surface area (Å²) in [5.41, 5.74) is 2.66. The van der Waals surface area contributed by atoms with Crippen LogP contribution in [-0.2, 0) is 0 Å². The van der Waals surface area contributed by atoms with Crippen molar-refractivity contribution in [3.05, 3.63) is 64.7 Å². The van der Waals surface area contributed by atoms with Crippen molar-refractivity contribution in [3.63, 3.8) is 0 Å². The second kappa shape index (κ2) is 5.82. The van der Waals surface area contributed by atoms with Crippen LogP contribution in [0.5, 0.6) is 5.75 Å². The topological polar surface area (TPSA) is 26.3 Å². The van der Waals surface area contributed by atoms with Crippen LogP contribution in [0.3, 0.4) is 0 Å². The summed E-state index contributed by atoms with van der Waals surface area (Å²) in [7, 11) is 0. The van der Waals surface area contributed by atoms with Crippen LogP contribution in [0.1, 0.15) is 21.5 Å². The maximum Gasteiger partial charge on any atom is 0.200 e. The maximum atomic E-state index is 13.0. The molecule has 0 atom stereocenters. The highest BCUT2D eigenvalue weighted by Gasteiger charge is 2.09. The van der Waals surface area contributed by atoms with Gasteiger partial charge in [-0.3, -0.25) is 4.79 Å². The molecule has 104 valence electrons. The summed E-state index contributed by atoms with van der Waals surface area (Å²) in [5, 5.41) is 0. The first-order chi connectivity index (χ1) is 9.47. The van der Waals surface area contributed by atoms with Gasteiger partial charge in [0.15, 0.2) is 24.0 Å². The molecular formula is C16H14F2O2. The predicted octanol–water partition coefficient (Wildman–Crippen LogP) is 3.84. The van der Waals surface area contributed by atoms with Gasteiger partial charge < -0.3 is 4.74 Å². The standard InChI is InChI=1S/C16H14F2O2/c1-10-3-4-12(7-11(10)2)16(19)9-20-13-5-6-14(17)15(18)8-13/h3-8H,9H2,1-2H3. The van der Waals surface area contributed by atoms with Gasteiger partial charge in [-0.1, -0.05) is 12.1 Å². The van der Waals surface area contributed by atoms with E-state index in [9.17, 15) is 13.6 Å². The minimum atomic E-state index is -0.999. The van der Waals surface area contributed by atoms with E-state index >= 15 is 0 Å². The minimum absolute atomic E-state index is 0.126. The van der Waals surface area contributed by atoms with Crippen LogP contribution in [0.25, 0.3) is 0 Å². The monoisotopic (exact) mass is 276 g/mol. The fourth-order valence-corrected chi connectivity index (χ4v) is 1.71. The Labute approximate surface area is 116 Å². The van der Waals surface area contributed by atoms with E-state index in [-0.39, 0.29) is 18.1 Å². The molecule has 2 aromatic rings. The van der Waals surface area contributed by atoms with Gasteiger partial charge in [-0.05, 0) is 43.2 Å². The number of hydrogen-bond acceptors (Lipinski definition) is 2. The van der Waals surface area contributed by atoms with Crippen molar-refractivity contribution in [1.82, 2.24) is 0 Å². The van der Waals surface area contributed by atoms with Crippen LogP contribution in [0.15, 0.2) is 36.4 Å². The zero-order chi connectivity index (χ0) is 14.7. The average Bonchev–Trinajstić information content (AvgIpc) is 2.43. The molecule has 0 saturated carbocycles. The highest BCUT2D eigenvalue weighted by atomic mass is 19.2. The molecule has 0 aliphatic carbocycles. The van der Waals surface area contributed by atoms with Gasteiger partial charge in [-0.15, -0.1) is 0 Å². The lowest BCUT2D eigenvalue weighted by molar-refractivity contribution is 0.0921. The van der Waals surface area contributed by atoms with Gasteiger partial charge >= 0.3 is 0 Å². The molecule has 0 heterocycles. The molecule has 0 N–H and O–H groups in total. The quantitative estimate of drug-likeness (QED) is 0.793. The van der Waals surface area contributed by atoms with Crippen LogP contribution >= 0.6 is 0 Å². The predicted molar refractivity (Wildman–Crippen MR) is 72.1 cm³/mol. The van der Waals surface area contributed by atoms with Crippen LogP contribution in [0.2, 0.25) is 0 Å². The molecule has 0 aliphatic rings. The van der Waals surface area contributed by atoms with Crippen LogP contribution < -0.4 is 4.74 Å². The third-order valence-corrected chi connectivity index (χ3v) is 3.09. The first-order valence-corrected chi connectivity index (χ1v) is 6.15. The van der Waals surface area contributed by atoms with Gasteiger partial charge in [-0.25, -0.2) is 8.78 Å². The van der Waals surface area contributed by atoms with E-state index in [1.54, 1.807) is 12.1 Å². The fraction of sp³-hybridized carbons (Fsp3) is 0.188.